The molecule has 2 aliphatic rings. The minimum atomic E-state index is -0.725. The van der Waals surface area contributed by atoms with E-state index in [1.54, 1.807) is 0 Å². The summed E-state index contributed by atoms with van der Waals surface area (Å²) in [5, 5.41) is 11.6. The highest BCUT2D eigenvalue weighted by molar-refractivity contribution is 5.79. The molecule has 2 aliphatic carbocycles. The molecule has 0 radical (unpaired) electrons. The van der Waals surface area contributed by atoms with Crippen LogP contribution in [0.25, 0.3) is 0 Å². The van der Waals surface area contributed by atoms with Crippen LogP contribution in [0.2, 0.25) is 0 Å². The van der Waals surface area contributed by atoms with Crippen molar-refractivity contribution in [3.8, 4) is 0 Å². The third-order valence-corrected chi connectivity index (χ3v) is 3.60. The lowest BCUT2D eigenvalue weighted by Crippen LogP contribution is -2.67. The number of hydrogen-bond acceptors (Lipinski definition) is 3. The van der Waals surface area contributed by atoms with Crippen molar-refractivity contribution in [2.45, 2.75) is 25.3 Å². The summed E-state index contributed by atoms with van der Waals surface area (Å²) in [7, 11) is 1.30. The third-order valence-electron chi connectivity index (χ3n) is 3.60. The van der Waals surface area contributed by atoms with Gasteiger partial charge in [-0.25, -0.2) is 4.79 Å². The fourth-order valence-corrected chi connectivity index (χ4v) is 2.59. The maximum Gasteiger partial charge on any atom is 0.407 e. The second kappa shape index (κ2) is 2.87. The lowest BCUT2D eigenvalue weighted by atomic mass is 9.45. The van der Waals surface area contributed by atoms with Crippen LogP contribution in [0.15, 0.2) is 0 Å². The molecule has 0 aliphatic heterocycles. The number of carbonyl (C=O) groups is 2. The number of aliphatic carboxylic acids is 1. The Labute approximate surface area is 81.4 Å². The molecule has 2 saturated carbocycles. The monoisotopic (exact) mass is 199 g/mol. The Morgan fingerprint density at radius 1 is 1.57 bits per heavy atom. The molecule has 0 aromatic heterocycles. The predicted molar refractivity (Wildman–Crippen MR) is 46.7 cm³/mol. The molecule has 0 aromatic carbocycles. The highest BCUT2D eigenvalue weighted by atomic mass is 16.5. The standard InChI is InChI=1S/C9H13NO4/c1-14-8(13)10-6-4-9(7(11)12)3-2-5(6)9/h5-6H,2-4H2,1H3,(H,10,13)(H,11,12). The van der Waals surface area contributed by atoms with Gasteiger partial charge in [-0.2, -0.15) is 0 Å². The number of nitrogens with one attached hydrogen (secondary N) is 1. The van der Waals surface area contributed by atoms with Gasteiger partial charge in [-0.15, -0.1) is 0 Å². The van der Waals surface area contributed by atoms with Crippen molar-refractivity contribution in [1.29, 1.82) is 0 Å². The van der Waals surface area contributed by atoms with Gasteiger partial charge in [0, 0.05) is 6.04 Å². The lowest BCUT2D eigenvalue weighted by molar-refractivity contribution is -0.182. The molecule has 2 N–H and O–H groups in total. The zero-order valence-corrected chi connectivity index (χ0v) is 7.95. The van der Waals surface area contributed by atoms with Gasteiger partial charge in [0.2, 0.25) is 0 Å². The number of carboxylic acids is 1. The van der Waals surface area contributed by atoms with Crippen molar-refractivity contribution in [2.75, 3.05) is 7.11 Å². The number of rotatable bonds is 2. The number of methoxy groups -OCH3 is 1. The molecular formula is C9H13NO4. The molecule has 5 nitrogen and oxygen atoms in total. The van der Waals surface area contributed by atoms with E-state index >= 15 is 0 Å². The molecule has 78 valence electrons. The highest BCUT2D eigenvalue weighted by Crippen LogP contribution is 2.61. The van der Waals surface area contributed by atoms with Crippen LogP contribution in [0.5, 0.6) is 0 Å². The molecule has 2 rings (SSSR count). The molecule has 0 aromatic rings. The summed E-state index contributed by atoms with van der Waals surface area (Å²) in [6.07, 6.45) is 1.70. The Morgan fingerprint density at radius 2 is 2.29 bits per heavy atom. The normalized spacial score (nSPS) is 38.6. The van der Waals surface area contributed by atoms with Gasteiger partial charge in [-0.05, 0) is 25.2 Å². The van der Waals surface area contributed by atoms with Gasteiger partial charge in [0.15, 0.2) is 0 Å². The minimum Gasteiger partial charge on any atom is -0.481 e. The summed E-state index contributed by atoms with van der Waals surface area (Å²) in [6.45, 7) is 0. The van der Waals surface area contributed by atoms with E-state index in [0.29, 0.717) is 6.42 Å². The summed E-state index contributed by atoms with van der Waals surface area (Å²) >= 11 is 0. The van der Waals surface area contributed by atoms with Gasteiger partial charge in [-0.1, -0.05) is 0 Å². The van der Waals surface area contributed by atoms with Crippen LogP contribution in [0.1, 0.15) is 19.3 Å². The molecule has 0 spiro atoms. The van der Waals surface area contributed by atoms with Gasteiger partial charge < -0.3 is 15.2 Å². The van der Waals surface area contributed by atoms with Gasteiger partial charge in [0.1, 0.15) is 0 Å². The van der Waals surface area contributed by atoms with Crippen LogP contribution in [-0.2, 0) is 9.53 Å². The number of hydrogen-bond donors (Lipinski definition) is 2. The Kier molecular flexibility index (Phi) is 1.90. The Hall–Kier alpha value is -1.26. The van der Waals surface area contributed by atoms with E-state index in [4.69, 9.17) is 5.11 Å². The van der Waals surface area contributed by atoms with Gasteiger partial charge in [0.25, 0.3) is 0 Å². The molecule has 3 atom stereocenters. The summed E-state index contributed by atoms with van der Waals surface area (Å²) in [6, 6.07) is -0.00713. The van der Waals surface area contributed by atoms with Crippen molar-refractivity contribution in [3.63, 3.8) is 0 Å². The van der Waals surface area contributed by atoms with Crippen LogP contribution >= 0.6 is 0 Å². The van der Waals surface area contributed by atoms with E-state index in [-0.39, 0.29) is 12.0 Å². The molecular weight excluding hydrogens is 186 g/mol. The number of amides is 1. The second-order valence-electron chi connectivity index (χ2n) is 4.05. The van der Waals surface area contributed by atoms with Gasteiger partial charge in [-0.3, -0.25) is 4.79 Å². The number of fused-ring (bicyclic) bond motifs is 1. The summed E-state index contributed by atoms with van der Waals surface area (Å²) in [5.74, 6) is -0.615. The van der Waals surface area contributed by atoms with Crippen molar-refractivity contribution >= 4 is 12.1 Å². The molecule has 2 fully saturated rings. The molecule has 1 amide bonds. The average Bonchev–Trinajstić information content (AvgIpc) is 2.11. The van der Waals surface area contributed by atoms with E-state index in [2.05, 4.69) is 10.1 Å². The molecule has 0 bridgehead atoms. The Bertz CT molecular complexity index is 291. The SMILES string of the molecule is COC(=O)NC1CC2(C(=O)O)CCC12. The first-order valence-electron chi connectivity index (χ1n) is 4.68. The minimum absolute atomic E-state index is 0.00713. The molecule has 0 saturated heterocycles. The maximum absolute atomic E-state index is 10.9. The van der Waals surface area contributed by atoms with E-state index in [9.17, 15) is 9.59 Å². The quantitative estimate of drug-likeness (QED) is 0.682. The number of alkyl carbamates (subject to hydrolysis) is 1. The number of carbonyl (C=O) groups excluding carboxylic acids is 1. The van der Waals surface area contributed by atoms with Crippen molar-refractivity contribution in [3.05, 3.63) is 0 Å². The molecule has 3 unspecified atom stereocenters. The first-order valence-corrected chi connectivity index (χ1v) is 4.68. The fourth-order valence-electron chi connectivity index (χ4n) is 2.59. The van der Waals surface area contributed by atoms with Gasteiger partial charge in [0.05, 0.1) is 12.5 Å². The largest absolute Gasteiger partial charge is 0.481 e. The highest BCUT2D eigenvalue weighted by Gasteiger charge is 2.65. The van der Waals surface area contributed by atoms with Crippen LogP contribution in [0.3, 0.4) is 0 Å². The number of ether oxygens (including phenoxy) is 1. The maximum atomic E-state index is 10.9. The zero-order chi connectivity index (χ0) is 10.3. The topological polar surface area (TPSA) is 75.6 Å². The smallest absolute Gasteiger partial charge is 0.407 e. The molecule has 5 heteroatoms. The first-order chi connectivity index (χ1) is 6.60. The van der Waals surface area contributed by atoms with E-state index < -0.39 is 17.5 Å². The van der Waals surface area contributed by atoms with Crippen molar-refractivity contribution in [1.82, 2.24) is 5.32 Å². The Balaban J connectivity index is 1.92. The Morgan fingerprint density at radius 3 is 2.64 bits per heavy atom. The zero-order valence-electron chi connectivity index (χ0n) is 7.95. The van der Waals surface area contributed by atoms with Crippen LogP contribution in [0.4, 0.5) is 4.79 Å². The van der Waals surface area contributed by atoms with Crippen LogP contribution < -0.4 is 5.32 Å². The summed E-state index contributed by atoms with van der Waals surface area (Å²) in [5.41, 5.74) is -0.536. The predicted octanol–water partition coefficient (Wildman–Crippen LogP) is 0.596. The van der Waals surface area contributed by atoms with Crippen molar-refractivity contribution < 1.29 is 19.4 Å². The van der Waals surface area contributed by atoms with Gasteiger partial charge >= 0.3 is 12.1 Å². The molecule has 0 heterocycles. The first kappa shape index (κ1) is 9.30. The fraction of sp³-hybridized carbons (Fsp3) is 0.778. The van der Waals surface area contributed by atoms with E-state index in [1.807, 2.05) is 0 Å². The average molecular weight is 199 g/mol. The molecule has 14 heavy (non-hydrogen) atoms. The van der Waals surface area contributed by atoms with E-state index in [0.717, 1.165) is 12.8 Å². The third kappa shape index (κ3) is 1.01. The van der Waals surface area contributed by atoms with Crippen LogP contribution in [-0.4, -0.2) is 30.3 Å². The number of carboxylic acid groups (broad SMARTS) is 1. The van der Waals surface area contributed by atoms with Crippen LogP contribution in [0, 0.1) is 11.3 Å². The lowest BCUT2D eigenvalue weighted by Gasteiger charge is -2.60. The van der Waals surface area contributed by atoms with Crippen molar-refractivity contribution in [2.24, 2.45) is 11.3 Å². The second-order valence-corrected chi connectivity index (χ2v) is 4.05. The van der Waals surface area contributed by atoms with E-state index in [1.165, 1.54) is 7.11 Å². The summed E-state index contributed by atoms with van der Waals surface area (Å²) < 4.78 is 4.46. The summed E-state index contributed by atoms with van der Waals surface area (Å²) in [4.78, 5) is 21.8.